The summed E-state index contributed by atoms with van der Waals surface area (Å²) < 4.78 is 0. The van der Waals surface area contributed by atoms with E-state index in [4.69, 9.17) is 11.6 Å². The first-order valence-electron chi connectivity index (χ1n) is 8.66. The Kier molecular flexibility index (Phi) is 6.59. The van der Waals surface area contributed by atoms with Gasteiger partial charge in [0.05, 0.1) is 11.4 Å². The number of carbonyl (C=O) groups excluding carboxylic acids is 1. The summed E-state index contributed by atoms with van der Waals surface area (Å²) >= 11 is 6.05. The largest absolute Gasteiger partial charge is 0.271 e. The van der Waals surface area contributed by atoms with Crippen LogP contribution < -0.4 is 10.9 Å². The first kappa shape index (κ1) is 20.1. The van der Waals surface area contributed by atoms with E-state index in [9.17, 15) is 4.79 Å². The summed E-state index contributed by atoms with van der Waals surface area (Å²) in [6.07, 6.45) is 6.72. The second-order valence-electron chi connectivity index (χ2n) is 5.99. The molecule has 3 rings (SSSR count). The molecule has 0 radical (unpaired) electrons. The molecule has 0 bridgehead atoms. The van der Waals surface area contributed by atoms with E-state index >= 15 is 0 Å². The van der Waals surface area contributed by atoms with Crippen molar-refractivity contribution >= 4 is 34.7 Å². The monoisotopic (exact) mass is 407 g/mol. The fraction of sp³-hybridized carbons (Fsp3) is 0.100. The van der Waals surface area contributed by atoms with Gasteiger partial charge >= 0.3 is 0 Å². The van der Waals surface area contributed by atoms with E-state index in [0.717, 1.165) is 11.1 Å². The SMILES string of the molecule is C/C(=N\NC(=O)c1cc(Cl)nc(N/N=C(\C)c2cccnc2)c1)c1cccnc1. The summed E-state index contributed by atoms with van der Waals surface area (Å²) in [6, 6.07) is 10.4. The number of rotatable bonds is 6. The molecule has 3 heterocycles. The Labute approximate surface area is 172 Å². The molecule has 0 aliphatic heterocycles. The molecule has 9 heteroatoms. The normalized spacial score (nSPS) is 11.8. The standard InChI is InChI=1S/C20H18ClN7O/c1-13(15-5-3-7-22-11-15)25-27-19-10-17(9-18(21)24-19)20(29)28-26-14(2)16-6-4-8-23-12-16/h3-12H,1-2H3,(H,24,27)(H,28,29)/b25-13+,26-14+. The molecule has 3 aromatic heterocycles. The van der Waals surface area contributed by atoms with E-state index in [0.29, 0.717) is 22.8 Å². The van der Waals surface area contributed by atoms with Crippen molar-refractivity contribution < 1.29 is 4.79 Å². The second-order valence-corrected chi connectivity index (χ2v) is 6.38. The summed E-state index contributed by atoms with van der Waals surface area (Å²) in [7, 11) is 0. The zero-order valence-electron chi connectivity index (χ0n) is 15.8. The highest BCUT2D eigenvalue weighted by Gasteiger charge is 2.09. The van der Waals surface area contributed by atoms with E-state index in [2.05, 4.69) is 36.0 Å². The van der Waals surface area contributed by atoms with Crippen molar-refractivity contribution in [3.63, 3.8) is 0 Å². The molecule has 3 aromatic rings. The Morgan fingerprint density at radius 1 is 0.931 bits per heavy atom. The van der Waals surface area contributed by atoms with Crippen LogP contribution in [0.3, 0.4) is 0 Å². The minimum absolute atomic E-state index is 0.155. The van der Waals surface area contributed by atoms with Crippen LogP contribution in [0.25, 0.3) is 0 Å². The van der Waals surface area contributed by atoms with E-state index in [1.165, 1.54) is 12.1 Å². The van der Waals surface area contributed by atoms with E-state index in [1.54, 1.807) is 37.8 Å². The van der Waals surface area contributed by atoms with Gasteiger partial charge in [-0.1, -0.05) is 23.7 Å². The van der Waals surface area contributed by atoms with Crippen LogP contribution in [0.15, 0.2) is 71.4 Å². The number of anilines is 1. The number of aromatic nitrogens is 3. The highest BCUT2D eigenvalue weighted by Crippen LogP contribution is 2.15. The minimum Gasteiger partial charge on any atom is -0.267 e. The predicted octanol–water partition coefficient (Wildman–Crippen LogP) is 3.52. The average Bonchev–Trinajstić information content (AvgIpc) is 2.76. The molecule has 2 N–H and O–H groups in total. The van der Waals surface area contributed by atoms with Crippen LogP contribution >= 0.6 is 11.6 Å². The fourth-order valence-corrected chi connectivity index (χ4v) is 2.52. The number of carbonyl (C=O) groups is 1. The van der Waals surface area contributed by atoms with E-state index in [-0.39, 0.29) is 5.15 Å². The minimum atomic E-state index is -0.423. The van der Waals surface area contributed by atoms with Crippen LogP contribution in [0, 0.1) is 0 Å². The van der Waals surface area contributed by atoms with Gasteiger partial charge in [-0.2, -0.15) is 10.2 Å². The average molecular weight is 408 g/mol. The molecule has 0 saturated heterocycles. The molecule has 1 amide bonds. The topological polar surface area (TPSA) is 105 Å². The Bertz CT molecular complexity index is 1050. The lowest BCUT2D eigenvalue weighted by molar-refractivity contribution is 0.0954. The lowest BCUT2D eigenvalue weighted by Crippen LogP contribution is -2.19. The molecule has 0 unspecified atom stereocenters. The van der Waals surface area contributed by atoms with Gasteiger partial charge in [-0.25, -0.2) is 10.4 Å². The first-order chi connectivity index (χ1) is 14.0. The summed E-state index contributed by atoms with van der Waals surface area (Å²) in [6.45, 7) is 3.61. The van der Waals surface area contributed by atoms with Crippen LogP contribution in [0.2, 0.25) is 5.15 Å². The maximum Gasteiger partial charge on any atom is 0.271 e. The highest BCUT2D eigenvalue weighted by atomic mass is 35.5. The Morgan fingerprint density at radius 3 is 2.14 bits per heavy atom. The molecule has 0 atom stereocenters. The zero-order chi connectivity index (χ0) is 20.6. The van der Waals surface area contributed by atoms with Crippen molar-refractivity contribution in [3.05, 3.63) is 83.0 Å². The molecule has 146 valence electrons. The number of hydrogen-bond acceptors (Lipinski definition) is 7. The third-order valence-corrected chi connectivity index (χ3v) is 4.07. The molecular weight excluding hydrogens is 390 g/mol. The van der Waals surface area contributed by atoms with Gasteiger partial charge < -0.3 is 0 Å². The van der Waals surface area contributed by atoms with Crippen molar-refractivity contribution in [1.82, 2.24) is 20.4 Å². The van der Waals surface area contributed by atoms with Crippen LogP contribution in [0.5, 0.6) is 0 Å². The molecule has 0 aliphatic carbocycles. The quantitative estimate of drug-likeness (QED) is 0.369. The number of hydrogen-bond donors (Lipinski definition) is 2. The molecule has 0 aromatic carbocycles. The third kappa shape index (κ3) is 5.66. The fourth-order valence-electron chi connectivity index (χ4n) is 2.31. The highest BCUT2D eigenvalue weighted by molar-refractivity contribution is 6.30. The van der Waals surface area contributed by atoms with Gasteiger partial charge in [0.15, 0.2) is 0 Å². The van der Waals surface area contributed by atoms with Crippen LogP contribution in [0.4, 0.5) is 5.82 Å². The van der Waals surface area contributed by atoms with Crippen molar-refractivity contribution in [3.8, 4) is 0 Å². The van der Waals surface area contributed by atoms with Gasteiger partial charge in [-0.05, 0) is 38.1 Å². The first-order valence-corrected chi connectivity index (χ1v) is 9.04. The summed E-state index contributed by atoms with van der Waals surface area (Å²) in [5.41, 5.74) is 8.62. The molecule has 0 spiro atoms. The number of hydrazone groups is 2. The summed E-state index contributed by atoms with van der Waals surface area (Å²) in [5.74, 6) is -0.0904. The van der Waals surface area contributed by atoms with Gasteiger partial charge in [-0.3, -0.25) is 20.2 Å². The van der Waals surface area contributed by atoms with Gasteiger partial charge in [0.25, 0.3) is 5.91 Å². The van der Waals surface area contributed by atoms with Gasteiger partial charge in [0.1, 0.15) is 11.0 Å². The maximum atomic E-state index is 12.5. The molecular formula is C20H18ClN7O. The van der Waals surface area contributed by atoms with E-state index < -0.39 is 5.91 Å². The van der Waals surface area contributed by atoms with Crippen LogP contribution in [0.1, 0.15) is 35.3 Å². The number of amides is 1. The summed E-state index contributed by atoms with van der Waals surface area (Å²) in [5, 5.41) is 8.52. The Balaban J connectivity index is 1.72. The van der Waals surface area contributed by atoms with E-state index in [1.807, 2.05) is 25.1 Å². The number of nitrogens with one attached hydrogen (secondary N) is 2. The second kappa shape index (κ2) is 9.52. The third-order valence-electron chi connectivity index (χ3n) is 3.88. The molecule has 29 heavy (non-hydrogen) atoms. The van der Waals surface area contributed by atoms with Gasteiger partial charge in [-0.15, -0.1) is 0 Å². The van der Waals surface area contributed by atoms with Crippen molar-refractivity contribution in [2.24, 2.45) is 10.2 Å². The van der Waals surface area contributed by atoms with Crippen molar-refractivity contribution in [2.75, 3.05) is 5.43 Å². The lowest BCUT2D eigenvalue weighted by atomic mass is 10.2. The van der Waals surface area contributed by atoms with Gasteiger partial charge in [0.2, 0.25) is 0 Å². The summed E-state index contributed by atoms with van der Waals surface area (Å²) in [4.78, 5) is 24.7. The smallest absolute Gasteiger partial charge is 0.267 e. The van der Waals surface area contributed by atoms with Crippen molar-refractivity contribution in [1.29, 1.82) is 0 Å². The maximum absolute atomic E-state index is 12.5. The molecule has 8 nitrogen and oxygen atoms in total. The predicted molar refractivity (Wildman–Crippen MR) is 113 cm³/mol. The number of halogens is 1. The van der Waals surface area contributed by atoms with Crippen LogP contribution in [-0.2, 0) is 0 Å². The number of pyridine rings is 3. The Hall–Kier alpha value is -3.65. The molecule has 0 saturated carbocycles. The lowest BCUT2D eigenvalue weighted by Gasteiger charge is -2.07. The zero-order valence-corrected chi connectivity index (χ0v) is 16.6. The van der Waals surface area contributed by atoms with Gasteiger partial charge in [0, 0.05) is 41.5 Å². The number of nitrogens with zero attached hydrogens (tertiary/aromatic N) is 5. The van der Waals surface area contributed by atoms with Crippen molar-refractivity contribution in [2.45, 2.75) is 13.8 Å². The van der Waals surface area contributed by atoms with Crippen LogP contribution in [-0.4, -0.2) is 32.3 Å². The molecule has 0 fully saturated rings. The Morgan fingerprint density at radius 2 is 1.55 bits per heavy atom. The molecule has 0 aliphatic rings.